The van der Waals surface area contributed by atoms with E-state index in [0.29, 0.717) is 30.6 Å². The number of aromatic hydroxyl groups is 1. The number of amides is 1. The zero-order valence-electron chi connectivity index (χ0n) is 20.7. The van der Waals surface area contributed by atoms with E-state index < -0.39 is 6.10 Å². The van der Waals surface area contributed by atoms with E-state index in [-0.39, 0.29) is 24.3 Å². The molecule has 0 aliphatic heterocycles. The lowest BCUT2D eigenvalue weighted by atomic mass is 10.0. The lowest BCUT2D eigenvalue weighted by molar-refractivity contribution is -0.120. The summed E-state index contributed by atoms with van der Waals surface area (Å²) >= 11 is 0. The highest BCUT2D eigenvalue weighted by molar-refractivity contribution is 5.78. The highest BCUT2D eigenvalue weighted by atomic mass is 16.3. The Morgan fingerprint density at radius 2 is 1.71 bits per heavy atom. The van der Waals surface area contributed by atoms with E-state index in [1.54, 1.807) is 12.1 Å². The molecule has 35 heavy (non-hydrogen) atoms. The summed E-state index contributed by atoms with van der Waals surface area (Å²) in [7, 11) is 0. The molecule has 6 heteroatoms. The summed E-state index contributed by atoms with van der Waals surface area (Å²) in [5, 5.41) is 35.8. The van der Waals surface area contributed by atoms with Crippen LogP contribution in [-0.4, -0.2) is 33.8 Å². The summed E-state index contributed by atoms with van der Waals surface area (Å²) in [5.74, 6) is 0.00871. The molecule has 2 atom stereocenters. The Hall–Kier alpha value is -3.19. The van der Waals surface area contributed by atoms with Gasteiger partial charge in [-0.25, -0.2) is 0 Å². The maximum Gasteiger partial charge on any atom is 0.224 e. The van der Waals surface area contributed by atoms with Crippen molar-refractivity contribution in [2.75, 3.05) is 6.54 Å². The van der Waals surface area contributed by atoms with Gasteiger partial charge in [0.1, 0.15) is 5.75 Å². The third-order valence-corrected chi connectivity index (χ3v) is 6.28. The molecule has 0 unspecified atom stereocenters. The van der Waals surface area contributed by atoms with Crippen LogP contribution in [0.25, 0.3) is 0 Å². The van der Waals surface area contributed by atoms with Gasteiger partial charge in [-0.2, -0.15) is 0 Å². The van der Waals surface area contributed by atoms with E-state index in [0.717, 1.165) is 23.1 Å². The molecular formula is C29H36N2O4. The first-order valence-corrected chi connectivity index (χ1v) is 12.0. The number of hydrogen-bond donors (Lipinski definition) is 5. The molecule has 3 aromatic rings. The van der Waals surface area contributed by atoms with E-state index in [2.05, 4.69) is 42.7 Å². The third kappa shape index (κ3) is 7.92. The van der Waals surface area contributed by atoms with Crippen LogP contribution < -0.4 is 10.6 Å². The number of phenols is 1. The molecule has 0 aliphatic carbocycles. The van der Waals surface area contributed by atoms with Crippen LogP contribution in [0.3, 0.4) is 0 Å². The predicted molar refractivity (Wildman–Crippen MR) is 138 cm³/mol. The fourth-order valence-corrected chi connectivity index (χ4v) is 4.02. The van der Waals surface area contributed by atoms with Crippen molar-refractivity contribution in [3.63, 3.8) is 0 Å². The molecule has 0 spiro atoms. The van der Waals surface area contributed by atoms with E-state index in [1.807, 2.05) is 31.2 Å². The Bertz CT molecular complexity index is 1150. The fraction of sp³-hybridized carbons (Fsp3) is 0.345. The summed E-state index contributed by atoms with van der Waals surface area (Å²) in [6, 6.07) is 19.1. The van der Waals surface area contributed by atoms with Crippen molar-refractivity contribution in [2.45, 2.75) is 58.9 Å². The van der Waals surface area contributed by atoms with E-state index in [4.69, 9.17) is 0 Å². The van der Waals surface area contributed by atoms with Crippen LogP contribution in [0.5, 0.6) is 5.75 Å². The standard InChI is InChI=1S/C29H36N2O4/c1-19-7-8-24(11-20(19)2)16-31-29(35)14-23-6-4-5-22(13-23)12-21(3)30-17-28(34)25-9-10-27(33)26(15-25)18-32/h4-11,13,15,21,28,30,32-34H,12,14,16-18H2,1-3H3,(H,31,35)/t21-,28-/m1/s1. The SMILES string of the molecule is Cc1ccc(CNC(=O)Cc2cccc(C[C@@H](C)NC[C@@H](O)c3ccc(O)c(CO)c3)c2)cc1C. The lowest BCUT2D eigenvalue weighted by Gasteiger charge is -2.18. The first-order chi connectivity index (χ1) is 16.7. The van der Waals surface area contributed by atoms with Crippen molar-refractivity contribution in [3.05, 3.63) is 99.6 Å². The highest BCUT2D eigenvalue weighted by Gasteiger charge is 2.13. The van der Waals surface area contributed by atoms with Gasteiger partial charge < -0.3 is 26.0 Å². The number of carbonyl (C=O) groups excluding carboxylic acids is 1. The Morgan fingerprint density at radius 3 is 2.46 bits per heavy atom. The first kappa shape index (κ1) is 26.4. The molecule has 0 aliphatic rings. The summed E-state index contributed by atoms with van der Waals surface area (Å²) in [4.78, 5) is 12.5. The first-order valence-electron chi connectivity index (χ1n) is 12.0. The minimum absolute atomic E-state index is 0.00850. The Kier molecular flexibility index (Phi) is 9.43. The quantitative estimate of drug-likeness (QED) is 0.291. The number of carbonyl (C=O) groups is 1. The number of aryl methyl sites for hydroxylation is 2. The van der Waals surface area contributed by atoms with E-state index >= 15 is 0 Å². The normalized spacial score (nSPS) is 12.8. The van der Waals surface area contributed by atoms with Crippen molar-refractivity contribution in [1.82, 2.24) is 10.6 Å². The molecule has 0 fully saturated rings. The zero-order chi connectivity index (χ0) is 25.4. The molecule has 0 saturated heterocycles. The van der Waals surface area contributed by atoms with Crippen LogP contribution in [0.4, 0.5) is 0 Å². The number of aliphatic hydroxyl groups is 2. The summed E-state index contributed by atoms with van der Waals surface area (Å²) < 4.78 is 0. The van der Waals surface area contributed by atoms with Crippen LogP contribution in [0.15, 0.2) is 60.7 Å². The smallest absolute Gasteiger partial charge is 0.224 e. The van der Waals surface area contributed by atoms with Crippen LogP contribution in [0.1, 0.15) is 52.0 Å². The summed E-state index contributed by atoms with van der Waals surface area (Å²) in [6.07, 6.45) is 0.325. The number of rotatable bonds is 11. The largest absolute Gasteiger partial charge is 0.508 e. The van der Waals surface area contributed by atoms with Gasteiger partial charge >= 0.3 is 0 Å². The third-order valence-electron chi connectivity index (χ3n) is 6.28. The van der Waals surface area contributed by atoms with Gasteiger partial charge in [0.05, 0.1) is 19.1 Å². The average Bonchev–Trinajstić information content (AvgIpc) is 2.83. The average molecular weight is 477 g/mol. The van der Waals surface area contributed by atoms with Gasteiger partial charge in [-0.3, -0.25) is 4.79 Å². The van der Waals surface area contributed by atoms with Gasteiger partial charge in [0.25, 0.3) is 0 Å². The van der Waals surface area contributed by atoms with Crippen LogP contribution >= 0.6 is 0 Å². The zero-order valence-corrected chi connectivity index (χ0v) is 20.7. The molecular weight excluding hydrogens is 440 g/mol. The number of nitrogens with one attached hydrogen (secondary N) is 2. The molecule has 0 radical (unpaired) electrons. The monoisotopic (exact) mass is 476 g/mol. The molecule has 5 N–H and O–H groups in total. The molecule has 0 aromatic heterocycles. The predicted octanol–water partition coefficient (Wildman–Crippen LogP) is 3.61. The van der Waals surface area contributed by atoms with E-state index in [9.17, 15) is 20.1 Å². The molecule has 3 aromatic carbocycles. The van der Waals surface area contributed by atoms with Crippen molar-refractivity contribution in [2.24, 2.45) is 0 Å². The minimum atomic E-state index is -0.754. The summed E-state index contributed by atoms with van der Waals surface area (Å²) in [6.45, 7) is 6.78. The lowest BCUT2D eigenvalue weighted by Crippen LogP contribution is -2.32. The Morgan fingerprint density at radius 1 is 0.943 bits per heavy atom. The molecule has 0 heterocycles. The maximum atomic E-state index is 12.5. The van der Waals surface area contributed by atoms with Crippen molar-refractivity contribution in [3.8, 4) is 5.75 Å². The Balaban J connectivity index is 1.48. The Labute approximate surface area is 207 Å². The number of hydrogen-bond acceptors (Lipinski definition) is 5. The number of benzene rings is 3. The van der Waals surface area contributed by atoms with Gasteiger partial charge in [-0.05, 0) is 72.7 Å². The molecule has 186 valence electrons. The topological polar surface area (TPSA) is 102 Å². The van der Waals surface area contributed by atoms with Gasteiger partial charge in [0.15, 0.2) is 0 Å². The minimum Gasteiger partial charge on any atom is -0.508 e. The van der Waals surface area contributed by atoms with Crippen molar-refractivity contribution < 1.29 is 20.1 Å². The molecule has 6 nitrogen and oxygen atoms in total. The highest BCUT2D eigenvalue weighted by Crippen LogP contribution is 2.22. The second kappa shape index (κ2) is 12.5. The second-order valence-electron chi connectivity index (χ2n) is 9.27. The maximum absolute atomic E-state index is 12.5. The second-order valence-corrected chi connectivity index (χ2v) is 9.27. The number of aliphatic hydroxyl groups excluding tert-OH is 2. The molecule has 3 rings (SSSR count). The van der Waals surface area contributed by atoms with Gasteiger partial charge in [0, 0.05) is 24.7 Å². The van der Waals surface area contributed by atoms with Crippen molar-refractivity contribution >= 4 is 5.91 Å². The van der Waals surface area contributed by atoms with Gasteiger partial charge in [-0.1, -0.05) is 48.5 Å². The van der Waals surface area contributed by atoms with Crippen LogP contribution in [0.2, 0.25) is 0 Å². The van der Waals surface area contributed by atoms with Crippen LogP contribution in [-0.2, 0) is 30.8 Å². The summed E-state index contributed by atoms with van der Waals surface area (Å²) in [5.41, 5.74) is 6.67. The molecule has 0 saturated carbocycles. The van der Waals surface area contributed by atoms with Crippen LogP contribution in [0, 0.1) is 13.8 Å². The fourth-order valence-electron chi connectivity index (χ4n) is 4.02. The van der Waals surface area contributed by atoms with Crippen molar-refractivity contribution in [1.29, 1.82) is 0 Å². The molecule has 1 amide bonds. The molecule has 0 bridgehead atoms. The van der Waals surface area contributed by atoms with Gasteiger partial charge in [0.2, 0.25) is 5.91 Å². The van der Waals surface area contributed by atoms with E-state index in [1.165, 1.54) is 17.2 Å². The van der Waals surface area contributed by atoms with Gasteiger partial charge in [-0.15, -0.1) is 0 Å².